The molecule has 1 aliphatic rings. The standard InChI is InChI=1S/C9H16N4O/c1-13-5-3-7(6-13)9-11-8(2-4-10)14-12-9/h7H,2-6,10H2,1H3. The third-order valence-corrected chi connectivity index (χ3v) is 2.60. The molecule has 0 aromatic carbocycles. The van der Waals surface area contributed by atoms with Gasteiger partial charge < -0.3 is 15.2 Å². The molecule has 2 heterocycles. The summed E-state index contributed by atoms with van der Waals surface area (Å²) in [5.41, 5.74) is 5.41. The van der Waals surface area contributed by atoms with E-state index in [9.17, 15) is 0 Å². The van der Waals surface area contributed by atoms with Crippen LogP contribution in [0.1, 0.15) is 24.1 Å². The second kappa shape index (κ2) is 4.06. The van der Waals surface area contributed by atoms with E-state index in [-0.39, 0.29) is 0 Å². The van der Waals surface area contributed by atoms with Crippen LogP contribution in [0.25, 0.3) is 0 Å². The summed E-state index contributed by atoms with van der Waals surface area (Å²) in [6.45, 7) is 2.71. The molecule has 1 unspecified atom stereocenters. The van der Waals surface area contributed by atoms with Gasteiger partial charge in [0.1, 0.15) is 0 Å². The summed E-state index contributed by atoms with van der Waals surface area (Å²) in [6, 6.07) is 0. The molecule has 0 saturated carbocycles. The number of aromatic nitrogens is 2. The van der Waals surface area contributed by atoms with Crippen LogP contribution in [0, 0.1) is 0 Å². The molecule has 5 nitrogen and oxygen atoms in total. The van der Waals surface area contributed by atoms with E-state index in [1.807, 2.05) is 0 Å². The van der Waals surface area contributed by atoms with Crippen LogP contribution in [0.3, 0.4) is 0 Å². The van der Waals surface area contributed by atoms with E-state index in [1.54, 1.807) is 0 Å². The van der Waals surface area contributed by atoms with E-state index < -0.39 is 0 Å². The van der Waals surface area contributed by atoms with Gasteiger partial charge in [0.15, 0.2) is 5.82 Å². The largest absolute Gasteiger partial charge is 0.339 e. The second-order valence-corrected chi connectivity index (χ2v) is 3.83. The molecule has 2 rings (SSSR count). The van der Waals surface area contributed by atoms with Crippen molar-refractivity contribution in [3.63, 3.8) is 0 Å². The number of nitrogens with zero attached hydrogens (tertiary/aromatic N) is 3. The van der Waals surface area contributed by atoms with Gasteiger partial charge >= 0.3 is 0 Å². The molecule has 0 radical (unpaired) electrons. The lowest BCUT2D eigenvalue weighted by molar-refractivity contribution is 0.368. The van der Waals surface area contributed by atoms with Gasteiger partial charge in [-0.15, -0.1) is 0 Å². The third kappa shape index (κ3) is 1.93. The molecule has 1 atom stereocenters. The van der Waals surface area contributed by atoms with Gasteiger partial charge in [-0.05, 0) is 20.0 Å². The minimum absolute atomic E-state index is 0.440. The summed E-state index contributed by atoms with van der Waals surface area (Å²) < 4.78 is 5.09. The summed E-state index contributed by atoms with van der Waals surface area (Å²) >= 11 is 0. The maximum absolute atomic E-state index is 5.41. The Hall–Kier alpha value is -0.940. The predicted octanol–water partition coefficient (Wildman–Crippen LogP) is -0.0101. The molecule has 0 spiro atoms. The van der Waals surface area contributed by atoms with Gasteiger partial charge in [-0.2, -0.15) is 4.98 Å². The fourth-order valence-electron chi connectivity index (χ4n) is 1.80. The first-order valence-corrected chi connectivity index (χ1v) is 5.00. The molecule has 1 aromatic heterocycles. The Morgan fingerprint density at radius 3 is 3.14 bits per heavy atom. The number of nitrogens with two attached hydrogens (primary N) is 1. The molecule has 0 bridgehead atoms. The highest BCUT2D eigenvalue weighted by Gasteiger charge is 2.25. The zero-order valence-electron chi connectivity index (χ0n) is 8.44. The number of rotatable bonds is 3. The Morgan fingerprint density at radius 1 is 1.64 bits per heavy atom. The highest BCUT2D eigenvalue weighted by molar-refractivity contribution is 4.99. The van der Waals surface area contributed by atoms with Gasteiger partial charge in [0.05, 0.1) is 0 Å². The Balaban J connectivity index is 2.02. The molecule has 1 saturated heterocycles. The maximum Gasteiger partial charge on any atom is 0.227 e. The summed E-state index contributed by atoms with van der Waals surface area (Å²) in [5, 5.41) is 3.98. The SMILES string of the molecule is CN1CCC(c2noc(CCN)n2)C1. The van der Waals surface area contributed by atoms with Crippen LogP contribution < -0.4 is 5.73 Å². The molecule has 2 N–H and O–H groups in total. The third-order valence-electron chi connectivity index (χ3n) is 2.60. The Morgan fingerprint density at radius 2 is 2.50 bits per heavy atom. The minimum atomic E-state index is 0.440. The van der Waals surface area contributed by atoms with Crippen molar-refractivity contribution in [2.45, 2.75) is 18.8 Å². The monoisotopic (exact) mass is 196 g/mol. The zero-order chi connectivity index (χ0) is 9.97. The predicted molar refractivity (Wildman–Crippen MR) is 51.9 cm³/mol. The van der Waals surface area contributed by atoms with Crippen LogP contribution in [-0.4, -0.2) is 41.7 Å². The van der Waals surface area contributed by atoms with E-state index in [2.05, 4.69) is 22.1 Å². The van der Waals surface area contributed by atoms with Crippen molar-refractivity contribution in [2.24, 2.45) is 5.73 Å². The van der Waals surface area contributed by atoms with Crippen molar-refractivity contribution >= 4 is 0 Å². The quantitative estimate of drug-likeness (QED) is 0.736. The first kappa shape index (κ1) is 9.61. The summed E-state index contributed by atoms with van der Waals surface area (Å²) in [5.74, 6) is 1.95. The lowest BCUT2D eigenvalue weighted by Gasteiger charge is -2.05. The van der Waals surface area contributed by atoms with Crippen molar-refractivity contribution in [2.75, 3.05) is 26.7 Å². The highest BCUT2D eigenvalue weighted by atomic mass is 16.5. The average Bonchev–Trinajstić information content (AvgIpc) is 2.74. The van der Waals surface area contributed by atoms with E-state index in [0.717, 1.165) is 25.3 Å². The number of hydrogen-bond acceptors (Lipinski definition) is 5. The van der Waals surface area contributed by atoms with Crippen LogP contribution in [0.2, 0.25) is 0 Å². The topological polar surface area (TPSA) is 68.2 Å². The summed E-state index contributed by atoms with van der Waals surface area (Å²) in [6.07, 6.45) is 1.80. The minimum Gasteiger partial charge on any atom is -0.339 e. The van der Waals surface area contributed by atoms with Gasteiger partial charge in [-0.25, -0.2) is 0 Å². The normalized spacial score (nSPS) is 23.1. The van der Waals surface area contributed by atoms with Gasteiger partial charge in [-0.1, -0.05) is 5.16 Å². The molecule has 0 aliphatic carbocycles. The van der Waals surface area contributed by atoms with Gasteiger partial charge in [0.25, 0.3) is 0 Å². The number of likely N-dealkylation sites (tertiary alicyclic amines) is 1. The number of hydrogen-bond donors (Lipinski definition) is 1. The lowest BCUT2D eigenvalue weighted by atomic mass is 10.1. The van der Waals surface area contributed by atoms with E-state index >= 15 is 0 Å². The Labute approximate surface area is 83.3 Å². The summed E-state index contributed by atoms with van der Waals surface area (Å²) in [4.78, 5) is 6.61. The highest BCUT2D eigenvalue weighted by Crippen LogP contribution is 2.23. The molecular formula is C9H16N4O. The Bertz CT molecular complexity index is 299. The second-order valence-electron chi connectivity index (χ2n) is 3.83. The summed E-state index contributed by atoms with van der Waals surface area (Å²) in [7, 11) is 2.11. The van der Waals surface area contributed by atoms with Crippen LogP contribution >= 0.6 is 0 Å². The first-order valence-electron chi connectivity index (χ1n) is 5.00. The van der Waals surface area contributed by atoms with Crippen molar-refractivity contribution in [1.82, 2.24) is 15.0 Å². The molecular weight excluding hydrogens is 180 g/mol. The number of likely N-dealkylation sites (N-methyl/N-ethyl adjacent to an activating group) is 1. The smallest absolute Gasteiger partial charge is 0.227 e. The average molecular weight is 196 g/mol. The van der Waals surface area contributed by atoms with Crippen LogP contribution in [0.5, 0.6) is 0 Å². The van der Waals surface area contributed by atoms with E-state index in [1.165, 1.54) is 0 Å². The zero-order valence-corrected chi connectivity index (χ0v) is 8.44. The van der Waals surface area contributed by atoms with Gasteiger partial charge in [0, 0.05) is 25.4 Å². The molecule has 1 aromatic rings. The maximum atomic E-state index is 5.41. The van der Waals surface area contributed by atoms with E-state index in [4.69, 9.17) is 10.3 Å². The van der Waals surface area contributed by atoms with Crippen molar-refractivity contribution in [3.05, 3.63) is 11.7 Å². The van der Waals surface area contributed by atoms with Crippen molar-refractivity contribution in [3.8, 4) is 0 Å². The van der Waals surface area contributed by atoms with Gasteiger partial charge in [0.2, 0.25) is 5.89 Å². The molecule has 1 fully saturated rings. The molecule has 14 heavy (non-hydrogen) atoms. The van der Waals surface area contributed by atoms with Crippen molar-refractivity contribution in [1.29, 1.82) is 0 Å². The first-order chi connectivity index (χ1) is 6.79. The van der Waals surface area contributed by atoms with Crippen LogP contribution in [-0.2, 0) is 6.42 Å². The van der Waals surface area contributed by atoms with Crippen molar-refractivity contribution < 1.29 is 4.52 Å². The van der Waals surface area contributed by atoms with Crippen LogP contribution in [0.15, 0.2) is 4.52 Å². The molecule has 0 amide bonds. The molecule has 78 valence electrons. The van der Waals surface area contributed by atoms with Crippen LogP contribution in [0.4, 0.5) is 0 Å². The fraction of sp³-hybridized carbons (Fsp3) is 0.778. The fourth-order valence-corrected chi connectivity index (χ4v) is 1.80. The van der Waals surface area contributed by atoms with E-state index in [0.29, 0.717) is 24.8 Å². The Kier molecular flexibility index (Phi) is 2.79. The molecule has 5 heteroatoms. The lowest BCUT2D eigenvalue weighted by Crippen LogP contribution is -2.13. The van der Waals surface area contributed by atoms with Gasteiger partial charge in [-0.3, -0.25) is 0 Å². The molecule has 1 aliphatic heterocycles.